The van der Waals surface area contributed by atoms with Crippen molar-refractivity contribution in [2.45, 2.75) is 113 Å². The number of benzene rings is 2. The summed E-state index contributed by atoms with van der Waals surface area (Å²) < 4.78 is 40.5. The van der Waals surface area contributed by atoms with E-state index in [1.165, 1.54) is 11.3 Å². The molecule has 2 aliphatic heterocycles. The number of methoxy groups -OCH3 is 1. The minimum absolute atomic E-state index is 0.0967. The fourth-order valence-corrected chi connectivity index (χ4v) is 10.4. The molecule has 312 valence electrons. The highest BCUT2D eigenvalue weighted by Gasteiger charge is 2.62. The molecule has 0 spiro atoms. The van der Waals surface area contributed by atoms with E-state index in [-0.39, 0.29) is 30.7 Å². The van der Waals surface area contributed by atoms with Gasteiger partial charge in [0.2, 0.25) is 21.8 Å². The van der Waals surface area contributed by atoms with Crippen LogP contribution in [-0.2, 0) is 29.8 Å². The molecule has 3 amide bonds. The smallest absolute Gasteiger partial charge is 0.259 e. The van der Waals surface area contributed by atoms with Crippen molar-refractivity contribution >= 4 is 55.1 Å². The Balaban J connectivity index is 1.14. The van der Waals surface area contributed by atoms with Crippen molar-refractivity contribution in [1.82, 2.24) is 24.9 Å². The lowest BCUT2D eigenvalue weighted by atomic mass is 9.93. The van der Waals surface area contributed by atoms with Gasteiger partial charge in [-0.05, 0) is 50.7 Å². The van der Waals surface area contributed by atoms with E-state index in [1.807, 2.05) is 72.1 Å². The molecule has 4 heterocycles. The predicted molar refractivity (Wildman–Crippen MR) is 228 cm³/mol. The lowest BCUT2D eigenvalue weighted by Gasteiger charge is -2.30. The van der Waals surface area contributed by atoms with Crippen LogP contribution < -0.4 is 24.8 Å². The normalized spacial score (nSPS) is 25.8. The monoisotopic (exact) mass is 840 g/mol. The van der Waals surface area contributed by atoms with Gasteiger partial charge in [0.1, 0.15) is 35.2 Å². The first-order valence-electron chi connectivity index (χ1n) is 20.5. The maximum absolute atomic E-state index is 14.9. The van der Waals surface area contributed by atoms with Crippen molar-refractivity contribution < 1.29 is 32.3 Å². The molecule has 2 aromatic carbocycles. The molecule has 8 rings (SSSR count). The number of hydrogen-bond donors (Lipinski definition) is 3. The zero-order chi connectivity index (χ0) is 41.5. The van der Waals surface area contributed by atoms with E-state index >= 15 is 0 Å². The molecule has 0 radical (unpaired) electrons. The number of fused-ring (bicyclic) bond motifs is 3. The van der Waals surface area contributed by atoms with Gasteiger partial charge in [0, 0.05) is 46.2 Å². The highest BCUT2D eigenvalue weighted by molar-refractivity contribution is 7.91. The summed E-state index contributed by atoms with van der Waals surface area (Å²) in [5, 5.41) is 9.17. The van der Waals surface area contributed by atoms with Crippen LogP contribution in [0, 0.1) is 5.92 Å². The molecule has 2 aromatic heterocycles. The van der Waals surface area contributed by atoms with Crippen molar-refractivity contribution in [3.05, 3.63) is 77.8 Å². The first-order valence-corrected chi connectivity index (χ1v) is 23.0. The number of pyridine rings is 1. The van der Waals surface area contributed by atoms with E-state index in [0.717, 1.165) is 42.3 Å². The van der Waals surface area contributed by atoms with Gasteiger partial charge in [0.15, 0.2) is 5.13 Å². The highest BCUT2D eigenvalue weighted by atomic mass is 32.2. The van der Waals surface area contributed by atoms with Crippen LogP contribution in [0.15, 0.2) is 72.1 Å². The standard InChI is InChI=1S/C44H52N6O7S2/c1-43(2,3)38-26-58-42(47-38)46-33-16-12-7-5-6-11-15-28-24-44(28,41(53)49-59(54,55)31-18-19-31)48-39(51)36-22-30(25-50(36)40(33)52)57-37-23-34(27-13-9-8-10-14-27)45-35-21-29(56-4)17-20-32(35)37/h8-11,13-15,17,20-21,23,26,28,30-31,33,36H,5-7,12,16,18-19,22,24-25H2,1-4H3,(H,46,47)(H,48,51)(H,49,53)/b15-11-/t28-,30-,33+,36+,44-/m1/s1. The van der Waals surface area contributed by atoms with Gasteiger partial charge in [-0.2, -0.15) is 0 Å². The number of aromatic nitrogens is 2. The number of anilines is 1. The van der Waals surface area contributed by atoms with Gasteiger partial charge >= 0.3 is 0 Å². The molecule has 13 nitrogen and oxygen atoms in total. The molecule has 15 heteroatoms. The van der Waals surface area contributed by atoms with Gasteiger partial charge in [0.05, 0.1) is 35.8 Å². The Hall–Kier alpha value is -5.02. The number of carbonyl (C=O) groups is 3. The minimum Gasteiger partial charge on any atom is -0.497 e. The molecule has 0 bridgehead atoms. The summed E-state index contributed by atoms with van der Waals surface area (Å²) >= 11 is 1.45. The van der Waals surface area contributed by atoms with Crippen LogP contribution >= 0.6 is 11.3 Å². The summed E-state index contributed by atoms with van der Waals surface area (Å²) in [5.74, 6) is -0.765. The number of hydrogen-bond acceptors (Lipinski definition) is 11. The summed E-state index contributed by atoms with van der Waals surface area (Å²) in [6.45, 7) is 6.37. The Bertz CT molecular complexity index is 2370. The number of sulfonamides is 1. The van der Waals surface area contributed by atoms with Gasteiger partial charge in [-0.25, -0.2) is 18.4 Å². The number of thiazole rings is 1. The largest absolute Gasteiger partial charge is 0.497 e. The number of nitrogens with one attached hydrogen (secondary N) is 3. The summed E-state index contributed by atoms with van der Waals surface area (Å²) in [7, 11) is -2.28. The predicted octanol–water partition coefficient (Wildman–Crippen LogP) is 6.50. The van der Waals surface area contributed by atoms with Crippen LogP contribution in [-0.4, -0.2) is 83.6 Å². The number of ether oxygens (including phenoxy) is 2. The molecule has 4 aliphatic rings. The quantitative estimate of drug-likeness (QED) is 0.158. The van der Waals surface area contributed by atoms with Crippen molar-refractivity contribution in [1.29, 1.82) is 0 Å². The number of amides is 3. The van der Waals surface area contributed by atoms with E-state index in [1.54, 1.807) is 12.0 Å². The number of nitrogens with zero attached hydrogens (tertiary/aromatic N) is 3. The zero-order valence-corrected chi connectivity index (χ0v) is 35.5. The lowest BCUT2D eigenvalue weighted by Crippen LogP contribution is -2.57. The highest BCUT2D eigenvalue weighted by Crippen LogP contribution is 2.46. The second kappa shape index (κ2) is 16.2. The average Bonchev–Trinajstić information content (AvgIpc) is 4.09. The number of allylic oxidation sites excluding steroid dienone is 1. The molecule has 2 aliphatic carbocycles. The summed E-state index contributed by atoms with van der Waals surface area (Å²) in [4.78, 5) is 54.8. The van der Waals surface area contributed by atoms with Crippen LogP contribution in [0.4, 0.5) is 5.13 Å². The molecule has 2 saturated carbocycles. The Morgan fingerprint density at radius 2 is 1.81 bits per heavy atom. The van der Waals surface area contributed by atoms with Gasteiger partial charge in [-0.1, -0.05) is 76.1 Å². The molecule has 4 aromatic rings. The first-order chi connectivity index (χ1) is 28.2. The summed E-state index contributed by atoms with van der Waals surface area (Å²) in [5.41, 5.74) is 1.51. The number of rotatable bonds is 9. The van der Waals surface area contributed by atoms with Gasteiger partial charge in [-0.3, -0.25) is 19.1 Å². The molecule has 1 saturated heterocycles. The number of carbonyl (C=O) groups excluding carboxylic acids is 3. The molecule has 3 N–H and O–H groups in total. The minimum atomic E-state index is -3.88. The zero-order valence-electron chi connectivity index (χ0n) is 33.9. The van der Waals surface area contributed by atoms with Crippen LogP contribution in [0.5, 0.6) is 11.5 Å². The molecule has 3 fully saturated rings. The van der Waals surface area contributed by atoms with E-state index in [4.69, 9.17) is 19.4 Å². The fraction of sp³-hybridized carbons (Fsp3) is 0.477. The molecule has 5 atom stereocenters. The van der Waals surface area contributed by atoms with E-state index in [9.17, 15) is 22.8 Å². The fourth-order valence-electron chi connectivity index (χ4n) is 8.02. The van der Waals surface area contributed by atoms with Crippen LogP contribution in [0.25, 0.3) is 22.2 Å². The second-order valence-corrected chi connectivity index (χ2v) is 20.1. The van der Waals surface area contributed by atoms with Crippen LogP contribution in [0.1, 0.15) is 84.3 Å². The Labute approximate surface area is 349 Å². The van der Waals surface area contributed by atoms with Crippen molar-refractivity contribution in [2.75, 3.05) is 19.0 Å². The van der Waals surface area contributed by atoms with Gasteiger partial charge in [0.25, 0.3) is 5.91 Å². The average molecular weight is 841 g/mol. The lowest BCUT2D eigenvalue weighted by molar-refractivity contribution is -0.140. The SMILES string of the molecule is COc1ccc2c(O[C@@H]3C[C@H]4C(=O)N[C@]5(C(=O)NS(=O)(=O)C6CC6)C[C@H]5/C=C\CCCCC[C@H](Nc5nc(C(C)(C)C)cs5)C(=O)N4C3)cc(-c3ccccc3)nc2c1. The van der Waals surface area contributed by atoms with Crippen molar-refractivity contribution in [3.63, 3.8) is 0 Å². The molecular weight excluding hydrogens is 789 g/mol. The van der Waals surface area contributed by atoms with Gasteiger partial charge in [-0.15, -0.1) is 11.3 Å². The molecule has 59 heavy (non-hydrogen) atoms. The first kappa shape index (κ1) is 40.7. The van der Waals surface area contributed by atoms with Crippen LogP contribution in [0.2, 0.25) is 0 Å². The van der Waals surface area contributed by atoms with Crippen molar-refractivity contribution in [2.24, 2.45) is 5.92 Å². The summed E-state index contributed by atoms with van der Waals surface area (Å²) in [6, 6.07) is 15.5. The maximum atomic E-state index is 14.9. The second-order valence-electron chi connectivity index (χ2n) is 17.2. The Kier molecular flexibility index (Phi) is 11.2. The third-order valence-electron chi connectivity index (χ3n) is 11.8. The maximum Gasteiger partial charge on any atom is 0.259 e. The van der Waals surface area contributed by atoms with E-state index < -0.39 is 56.7 Å². The van der Waals surface area contributed by atoms with E-state index in [0.29, 0.717) is 47.1 Å². The van der Waals surface area contributed by atoms with E-state index in [2.05, 4.69) is 36.1 Å². The molecular formula is C44H52N6O7S2. The van der Waals surface area contributed by atoms with Gasteiger partial charge < -0.3 is 25.0 Å². The molecule has 0 unspecified atom stereocenters. The topological polar surface area (TPSA) is 169 Å². The third-order valence-corrected chi connectivity index (χ3v) is 14.3. The van der Waals surface area contributed by atoms with Crippen molar-refractivity contribution in [3.8, 4) is 22.8 Å². The van der Waals surface area contributed by atoms with Crippen LogP contribution in [0.3, 0.4) is 0 Å². The third kappa shape index (κ3) is 8.82. The Morgan fingerprint density at radius 3 is 2.54 bits per heavy atom. The summed E-state index contributed by atoms with van der Waals surface area (Å²) in [6.07, 6.45) is 8.46. The Morgan fingerprint density at radius 1 is 1.02 bits per heavy atom.